The van der Waals surface area contributed by atoms with E-state index in [0.717, 1.165) is 49.7 Å². The molecule has 1 aromatic heterocycles. The van der Waals surface area contributed by atoms with E-state index in [9.17, 15) is 4.79 Å². The van der Waals surface area contributed by atoms with Crippen molar-refractivity contribution in [1.82, 2.24) is 15.2 Å². The number of pyridine rings is 1. The van der Waals surface area contributed by atoms with E-state index in [-0.39, 0.29) is 17.9 Å². The van der Waals surface area contributed by atoms with Gasteiger partial charge in [-0.05, 0) is 55.1 Å². The van der Waals surface area contributed by atoms with Gasteiger partial charge in [0.2, 0.25) is 5.91 Å². The van der Waals surface area contributed by atoms with Crippen LogP contribution in [0.3, 0.4) is 0 Å². The Balaban J connectivity index is 1.71. The van der Waals surface area contributed by atoms with Crippen LogP contribution in [0.2, 0.25) is 0 Å². The molecule has 0 aliphatic carbocycles. The van der Waals surface area contributed by atoms with Gasteiger partial charge >= 0.3 is 0 Å². The summed E-state index contributed by atoms with van der Waals surface area (Å²) in [6, 6.07) is 11.8. The predicted octanol–water partition coefficient (Wildman–Crippen LogP) is 3.20. The largest absolute Gasteiger partial charge is 0.493 e. The number of rotatable bonds is 10. The first-order chi connectivity index (χ1) is 15.1. The Labute approximate surface area is 184 Å². The zero-order chi connectivity index (χ0) is 22.1. The number of piperidine rings is 1. The van der Waals surface area contributed by atoms with Crippen molar-refractivity contribution in [2.75, 3.05) is 41.0 Å². The second-order valence-corrected chi connectivity index (χ2v) is 7.87. The number of likely N-dealkylation sites (tertiary alicyclic amines) is 1. The lowest BCUT2D eigenvalue weighted by atomic mass is 9.88. The van der Waals surface area contributed by atoms with E-state index in [1.54, 1.807) is 27.5 Å². The summed E-state index contributed by atoms with van der Waals surface area (Å²) >= 11 is 0. The molecule has 0 radical (unpaired) electrons. The highest BCUT2D eigenvalue weighted by molar-refractivity contribution is 5.76. The Morgan fingerprint density at radius 1 is 1.19 bits per heavy atom. The molecule has 2 heterocycles. The van der Waals surface area contributed by atoms with E-state index in [2.05, 4.69) is 21.3 Å². The van der Waals surface area contributed by atoms with Crippen LogP contribution in [0.1, 0.15) is 36.6 Å². The van der Waals surface area contributed by atoms with Crippen LogP contribution in [0.5, 0.6) is 11.5 Å². The number of hydrogen-bond donors (Lipinski definition) is 1. The molecule has 2 unspecified atom stereocenters. The number of amides is 1. The van der Waals surface area contributed by atoms with E-state index in [1.165, 1.54) is 5.56 Å². The first-order valence-electron chi connectivity index (χ1n) is 10.8. The minimum atomic E-state index is -0.112. The number of nitrogens with one attached hydrogen (secondary N) is 1. The van der Waals surface area contributed by atoms with Gasteiger partial charge in [-0.15, -0.1) is 0 Å². The van der Waals surface area contributed by atoms with Crippen molar-refractivity contribution in [2.45, 2.75) is 31.8 Å². The first-order valence-corrected chi connectivity index (χ1v) is 10.8. The molecule has 168 valence electrons. The summed E-state index contributed by atoms with van der Waals surface area (Å²) in [7, 11) is 4.91. The average molecular weight is 428 g/mol. The standard InChI is InChI=1S/C24H33N3O4/c1-29-14-11-23(28)26-24(20-8-4-5-12-25-20)19-7-6-13-27(17-19)16-18-9-10-21(30-2)22(15-18)31-3/h4-5,8-10,12,15,19,24H,6-7,11,13-14,16-17H2,1-3H3,(H,26,28). The summed E-state index contributed by atoms with van der Waals surface area (Å²) < 4.78 is 15.9. The molecule has 0 saturated carbocycles. The average Bonchev–Trinajstić information content (AvgIpc) is 2.81. The molecule has 0 spiro atoms. The van der Waals surface area contributed by atoms with E-state index in [1.807, 2.05) is 30.3 Å². The van der Waals surface area contributed by atoms with Crippen LogP contribution in [0.15, 0.2) is 42.6 Å². The van der Waals surface area contributed by atoms with Crippen LogP contribution in [0.4, 0.5) is 0 Å². The number of nitrogens with zero attached hydrogens (tertiary/aromatic N) is 2. The van der Waals surface area contributed by atoms with Gasteiger partial charge in [-0.1, -0.05) is 12.1 Å². The molecule has 1 amide bonds. The maximum absolute atomic E-state index is 12.5. The van der Waals surface area contributed by atoms with Gasteiger partial charge in [0.05, 0.1) is 32.6 Å². The normalized spacial score (nSPS) is 17.7. The minimum Gasteiger partial charge on any atom is -0.493 e. The predicted molar refractivity (Wildman–Crippen MR) is 119 cm³/mol. The topological polar surface area (TPSA) is 72.9 Å². The number of hydrogen-bond acceptors (Lipinski definition) is 6. The molecular weight excluding hydrogens is 394 g/mol. The Bertz CT molecular complexity index is 831. The van der Waals surface area contributed by atoms with Crippen LogP contribution >= 0.6 is 0 Å². The summed E-state index contributed by atoms with van der Waals surface area (Å²) in [5, 5.41) is 3.21. The zero-order valence-corrected chi connectivity index (χ0v) is 18.7. The molecule has 0 bridgehead atoms. The quantitative estimate of drug-likeness (QED) is 0.628. The van der Waals surface area contributed by atoms with Crippen LogP contribution in [0.25, 0.3) is 0 Å². The van der Waals surface area contributed by atoms with E-state index in [0.29, 0.717) is 13.0 Å². The number of carbonyl (C=O) groups excluding carboxylic acids is 1. The molecule has 2 atom stereocenters. The number of methoxy groups -OCH3 is 3. The molecule has 3 rings (SSSR count). The summed E-state index contributed by atoms with van der Waals surface area (Å²) in [5.74, 6) is 1.76. The summed E-state index contributed by atoms with van der Waals surface area (Å²) in [6.07, 6.45) is 4.26. The maximum Gasteiger partial charge on any atom is 0.222 e. The van der Waals surface area contributed by atoms with Crippen molar-refractivity contribution in [3.05, 3.63) is 53.9 Å². The summed E-state index contributed by atoms with van der Waals surface area (Å²) in [4.78, 5) is 19.5. The Kier molecular flexibility index (Phi) is 8.67. The molecule has 2 aromatic rings. The molecule has 1 fully saturated rings. The van der Waals surface area contributed by atoms with E-state index < -0.39 is 0 Å². The lowest BCUT2D eigenvalue weighted by Crippen LogP contribution is -2.43. The monoisotopic (exact) mass is 427 g/mol. The van der Waals surface area contributed by atoms with E-state index >= 15 is 0 Å². The molecule has 1 aromatic carbocycles. The Morgan fingerprint density at radius 2 is 2.03 bits per heavy atom. The number of ether oxygens (including phenoxy) is 3. The molecule has 7 heteroatoms. The highest BCUT2D eigenvalue weighted by Gasteiger charge is 2.30. The number of aromatic nitrogens is 1. The second-order valence-electron chi connectivity index (χ2n) is 7.87. The van der Waals surface area contributed by atoms with Crippen molar-refractivity contribution in [3.63, 3.8) is 0 Å². The van der Waals surface area contributed by atoms with Gasteiger partial charge in [0.1, 0.15) is 0 Å². The van der Waals surface area contributed by atoms with E-state index in [4.69, 9.17) is 14.2 Å². The van der Waals surface area contributed by atoms with Gasteiger partial charge in [-0.2, -0.15) is 0 Å². The first kappa shape index (κ1) is 23.0. The molecule has 1 N–H and O–H groups in total. The van der Waals surface area contributed by atoms with Crippen LogP contribution in [0, 0.1) is 5.92 Å². The fraction of sp³-hybridized carbons (Fsp3) is 0.500. The summed E-state index contributed by atoms with van der Waals surface area (Å²) in [5.41, 5.74) is 2.09. The SMILES string of the molecule is COCCC(=O)NC(c1ccccn1)C1CCCN(Cc2ccc(OC)c(OC)c2)C1. The van der Waals surface area contributed by atoms with Crippen LogP contribution < -0.4 is 14.8 Å². The number of carbonyl (C=O) groups is 1. The third-order valence-electron chi connectivity index (χ3n) is 5.72. The Morgan fingerprint density at radius 3 is 2.74 bits per heavy atom. The van der Waals surface area contributed by atoms with Crippen molar-refractivity contribution in [2.24, 2.45) is 5.92 Å². The van der Waals surface area contributed by atoms with Crippen molar-refractivity contribution >= 4 is 5.91 Å². The zero-order valence-electron chi connectivity index (χ0n) is 18.7. The van der Waals surface area contributed by atoms with Crippen LogP contribution in [-0.2, 0) is 16.1 Å². The lowest BCUT2D eigenvalue weighted by Gasteiger charge is -2.37. The van der Waals surface area contributed by atoms with Gasteiger partial charge in [0.25, 0.3) is 0 Å². The van der Waals surface area contributed by atoms with Gasteiger partial charge in [-0.3, -0.25) is 14.7 Å². The van der Waals surface area contributed by atoms with Gasteiger partial charge in [0, 0.05) is 32.8 Å². The Hall–Kier alpha value is -2.64. The summed E-state index contributed by atoms with van der Waals surface area (Å²) in [6.45, 7) is 3.15. The molecular formula is C24H33N3O4. The van der Waals surface area contributed by atoms with Gasteiger partial charge in [-0.25, -0.2) is 0 Å². The third-order valence-corrected chi connectivity index (χ3v) is 5.72. The highest BCUT2D eigenvalue weighted by atomic mass is 16.5. The minimum absolute atomic E-state index is 0.00508. The van der Waals surface area contributed by atoms with Crippen molar-refractivity contribution in [3.8, 4) is 11.5 Å². The molecule has 31 heavy (non-hydrogen) atoms. The molecule has 7 nitrogen and oxygen atoms in total. The van der Waals surface area contributed by atoms with Crippen molar-refractivity contribution < 1.29 is 19.0 Å². The molecule has 1 aliphatic heterocycles. The van der Waals surface area contributed by atoms with Crippen molar-refractivity contribution in [1.29, 1.82) is 0 Å². The molecule has 1 aliphatic rings. The third kappa shape index (κ3) is 6.42. The maximum atomic E-state index is 12.5. The number of benzene rings is 1. The fourth-order valence-electron chi connectivity index (χ4n) is 4.18. The lowest BCUT2D eigenvalue weighted by molar-refractivity contribution is -0.123. The smallest absolute Gasteiger partial charge is 0.222 e. The second kappa shape index (κ2) is 11.7. The van der Waals surface area contributed by atoms with Crippen LogP contribution in [-0.4, -0.2) is 56.8 Å². The van der Waals surface area contributed by atoms with Gasteiger partial charge in [0.15, 0.2) is 11.5 Å². The molecule has 1 saturated heterocycles. The van der Waals surface area contributed by atoms with Gasteiger partial charge < -0.3 is 19.5 Å². The fourth-order valence-corrected chi connectivity index (χ4v) is 4.18. The highest BCUT2D eigenvalue weighted by Crippen LogP contribution is 2.32.